The monoisotopic (exact) mass is 453 g/mol. The molecule has 2 aromatic heterocycles. The number of ether oxygens (including phenoxy) is 2. The zero-order valence-corrected chi connectivity index (χ0v) is 18.0. The van der Waals surface area contributed by atoms with Gasteiger partial charge in [0.15, 0.2) is 0 Å². The number of carboxylic acid groups (broad SMARTS) is 1. The normalized spacial score (nSPS) is 19.0. The number of pyridine rings is 1. The first-order chi connectivity index (χ1) is 15.5. The van der Waals surface area contributed by atoms with Crippen molar-refractivity contribution in [3.8, 4) is 11.5 Å². The number of aliphatic carboxylic acids is 1. The lowest BCUT2D eigenvalue weighted by Crippen LogP contribution is -2.24. The molecule has 2 unspecified atom stereocenters. The third-order valence-electron chi connectivity index (χ3n) is 5.16. The smallest absolute Gasteiger partial charge is 0.328 e. The van der Waals surface area contributed by atoms with Crippen molar-refractivity contribution in [2.45, 2.75) is 31.7 Å². The Hall–Kier alpha value is -3.20. The van der Waals surface area contributed by atoms with E-state index in [1.807, 2.05) is 29.0 Å². The molecule has 1 aromatic carbocycles. The van der Waals surface area contributed by atoms with Crippen molar-refractivity contribution in [2.24, 2.45) is 0 Å². The van der Waals surface area contributed by atoms with Gasteiger partial charge >= 0.3 is 5.97 Å². The highest BCUT2D eigenvalue weighted by Crippen LogP contribution is 2.34. The predicted molar refractivity (Wildman–Crippen MR) is 120 cm³/mol. The third kappa shape index (κ3) is 5.34. The van der Waals surface area contributed by atoms with Crippen LogP contribution in [0.3, 0.4) is 0 Å². The molecule has 1 saturated heterocycles. The zero-order valence-electron chi connectivity index (χ0n) is 17.2. The van der Waals surface area contributed by atoms with E-state index in [1.165, 1.54) is 17.4 Å². The summed E-state index contributed by atoms with van der Waals surface area (Å²) >= 11 is 1.45. The molecule has 7 nitrogen and oxygen atoms in total. The van der Waals surface area contributed by atoms with Crippen molar-refractivity contribution in [3.63, 3.8) is 0 Å². The number of hydrogen-bond donors (Lipinski definition) is 3. The second-order valence-corrected chi connectivity index (χ2v) is 8.25. The number of carbonyl (C=O) groups is 1. The van der Waals surface area contributed by atoms with Gasteiger partial charge in [-0.3, -0.25) is 4.98 Å². The first-order valence-corrected chi connectivity index (χ1v) is 11.1. The molecule has 32 heavy (non-hydrogen) atoms. The van der Waals surface area contributed by atoms with E-state index in [2.05, 4.69) is 4.98 Å². The fourth-order valence-electron chi connectivity index (χ4n) is 3.59. The molecule has 3 aromatic rings. The predicted octanol–water partition coefficient (Wildman–Crippen LogP) is 4.16. The molecular formula is C24H23NO6S. The second kappa shape index (κ2) is 9.95. The molecule has 166 valence electrons. The molecule has 1 aliphatic heterocycles. The van der Waals surface area contributed by atoms with Crippen molar-refractivity contribution in [1.82, 2.24) is 4.98 Å². The van der Waals surface area contributed by atoms with Crippen molar-refractivity contribution < 1.29 is 29.6 Å². The molecule has 0 aliphatic carbocycles. The molecule has 0 spiro atoms. The molecule has 8 heteroatoms. The maximum Gasteiger partial charge on any atom is 0.328 e. The molecule has 2 atom stereocenters. The average Bonchev–Trinajstić information content (AvgIpc) is 3.31. The van der Waals surface area contributed by atoms with Crippen LogP contribution in [0.25, 0.3) is 5.57 Å². The van der Waals surface area contributed by atoms with Crippen LogP contribution in [0.1, 0.15) is 41.5 Å². The largest absolute Gasteiger partial charge is 0.507 e. The van der Waals surface area contributed by atoms with Crippen molar-refractivity contribution in [3.05, 3.63) is 81.8 Å². The van der Waals surface area contributed by atoms with Gasteiger partial charge in [0.1, 0.15) is 24.2 Å². The fourth-order valence-corrected chi connectivity index (χ4v) is 4.24. The number of hydrogen-bond acceptors (Lipinski definition) is 7. The van der Waals surface area contributed by atoms with Crippen LogP contribution in [0, 0.1) is 0 Å². The van der Waals surface area contributed by atoms with Crippen LogP contribution in [0.2, 0.25) is 0 Å². The van der Waals surface area contributed by atoms with E-state index >= 15 is 0 Å². The molecule has 1 aliphatic rings. The highest BCUT2D eigenvalue weighted by molar-refractivity contribution is 7.08. The lowest BCUT2D eigenvalue weighted by molar-refractivity contribution is -0.131. The Morgan fingerprint density at radius 3 is 2.88 bits per heavy atom. The summed E-state index contributed by atoms with van der Waals surface area (Å²) in [7, 11) is 0. The maximum atomic E-state index is 11.3. The van der Waals surface area contributed by atoms with Gasteiger partial charge < -0.3 is 24.8 Å². The highest BCUT2D eigenvalue weighted by atomic mass is 32.1. The van der Waals surface area contributed by atoms with Gasteiger partial charge in [-0.1, -0.05) is 6.07 Å². The van der Waals surface area contributed by atoms with Crippen LogP contribution in [0.15, 0.2) is 59.3 Å². The molecule has 0 saturated carbocycles. The van der Waals surface area contributed by atoms with Gasteiger partial charge in [-0.15, -0.1) is 0 Å². The van der Waals surface area contributed by atoms with Gasteiger partial charge in [-0.2, -0.15) is 11.3 Å². The summed E-state index contributed by atoms with van der Waals surface area (Å²) in [6.07, 6.45) is 1.61. The highest BCUT2D eigenvalue weighted by Gasteiger charge is 2.23. The van der Waals surface area contributed by atoms with E-state index in [0.29, 0.717) is 42.0 Å². The van der Waals surface area contributed by atoms with Crippen LogP contribution >= 0.6 is 11.3 Å². The lowest BCUT2D eigenvalue weighted by Gasteiger charge is -2.26. The average molecular weight is 454 g/mol. The molecule has 3 heterocycles. The zero-order chi connectivity index (χ0) is 22.5. The Balaban J connectivity index is 1.48. The molecule has 1 fully saturated rings. The summed E-state index contributed by atoms with van der Waals surface area (Å²) in [5.74, 6) is -0.735. The minimum atomic E-state index is -1.09. The number of thiophene rings is 1. The summed E-state index contributed by atoms with van der Waals surface area (Å²) in [6, 6.07) is 12.2. The molecule has 0 radical (unpaired) electrons. The number of aromatic nitrogens is 1. The number of aromatic hydroxyl groups is 1. The van der Waals surface area contributed by atoms with Gasteiger partial charge in [0.2, 0.25) is 0 Å². The van der Waals surface area contributed by atoms with Crippen molar-refractivity contribution >= 4 is 22.9 Å². The summed E-state index contributed by atoms with van der Waals surface area (Å²) in [5, 5.41) is 33.3. The van der Waals surface area contributed by atoms with Gasteiger partial charge in [0, 0.05) is 36.3 Å². The standard InChI is InChI=1S/C24H23NO6S/c26-17-6-8-30-23(10-17)21-3-1-2-16(25-21)13-31-18-4-5-19(22(27)11-18)20(12-24(28)29)15-7-9-32-14-15/h1-5,7,9,11-12,14,17,23,26-27H,6,8,10,13H2,(H,28,29)/b20-12-. The Bertz CT molecular complexity index is 1110. The minimum Gasteiger partial charge on any atom is -0.507 e. The van der Waals surface area contributed by atoms with E-state index in [0.717, 1.165) is 17.3 Å². The summed E-state index contributed by atoms with van der Waals surface area (Å²) < 4.78 is 11.5. The van der Waals surface area contributed by atoms with Gasteiger partial charge in [0.25, 0.3) is 0 Å². The molecule has 3 N–H and O–H groups in total. The molecule has 4 rings (SSSR count). The third-order valence-corrected chi connectivity index (χ3v) is 5.84. The van der Waals surface area contributed by atoms with Gasteiger partial charge in [-0.25, -0.2) is 4.79 Å². The number of rotatable bonds is 7. The number of nitrogens with zero attached hydrogens (tertiary/aromatic N) is 1. The van der Waals surface area contributed by atoms with Gasteiger partial charge in [0.05, 0.1) is 17.5 Å². The Morgan fingerprint density at radius 1 is 1.28 bits per heavy atom. The first kappa shape index (κ1) is 22.0. The van der Waals surface area contributed by atoms with Crippen LogP contribution in [-0.4, -0.2) is 39.0 Å². The Kier molecular flexibility index (Phi) is 6.84. The van der Waals surface area contributed by atoms with Crippen LogP contribution in [0.5, 0.6) is 11.5 Å². The number of phenols is 1. The summed E-state index contributed by atoms with van der Waals surface area (Å²) in [5.41, 5.74) is 3.00. The second-order valence-electron chi connectivity index (χ2n) is 7.47. The number of aliphatic hydroxyl groups excluding tert-OH is 1. The lowest BCUT2D eigenvalue weighted by atomic mass is 9.99. The van der Waals surface area contributed by atoms with E-state index in [4.69, 9.17) is 9.47 Å². The molecule has 0 bridgehead atoms. The SMILES string of the molecule is O=C(O)/C=C(/c1ccsc1)c1ccc(OCc2cccc(C3CC(O)CCO3)n2)cc1O. The van der Waals surface area contributed by atoms with Crippen LogP contribution in [-0.2, 0) is 16.1 Å². The van der Waals surface area contributed by atoms with Crippen molar-refractivity contribution in [2.75, 3.05) is 6.61 Å². The van der Waals surface area contributed by atoms with E-state index < -0.39 is 5.97 Å². The molecule has 0 amide bonds. The number of aliphatic hydroxyl groups is 1. The number of phenolic OH excluding ortho intramolecular Hbond substituents is 1. The van der Waals surface area contributed by atoms with Gasteiger partial charge in [-0.05, 0) is 53.1 Å². The first-order valence-electron chi connectivity index (χ1n) is 10.2. The summed E-state index contributed by atoms with van der Waals surface area (Å²) in [6.45, 7) is 0.688. The van der Waals surface area contributed by atoms with E-state index in [1.54, 1.807) is 18.2 Å². The number of benzene rings is 1. The summed E-state index contributed by atoms with van der Waals surface area (Å²) in [4.78, 5) is 15.9. The minimum absolute atomic E-state index is 0.0764. The Morgan fingerprint density at radius 2 is 2.16 bits per heavy atom. The maximum absolute atomic E-state index is 11.3. The molecular weight excluding hydrogens is 430 g/mol. The Labute approximate surface area is 189 Å². The van der Waals surface area contributed by atoms with E-state index in [9.17, 15) is 20.1 Å². The van der Waals surface area contributed by atoms with Crippen LogP contribution in [0.4, 0.5) is 0 Å². The van der Waals surface area contributed by atoms with Crippen molar-refractivity contribution in [1.29, 1.82) is 0 Å². The number of carboxylic acids is 1. The van der Waals surface area contributed by atoms with Crippen LogP contribution < -0.4 is 4.74 Å². The fraction of sp³-hybridized carbons (Fsp3) is 0.250. The topological polar surface area (TPSA) is 109 Å². The quantitative estimate of drug-likeness (QED) is 0.461. The van der Waals surface area contributed by atoms with E-state index in [-0.39, 0.29) is 24.6 Å².